The van der Waals surface area contributed by atoms with Gasteiger partial charge in [0.25, 0.3) is 0 Å². The third-order valence-corrected chi connectivity index (χ3v) is 2.31. The molecule has 102 valence electrons. The van der Waals surface area contributed by atoms with Crippen molar-refractivity contribution in [2.75, 3.05) is 11.1 Å². The quantitative estimate of drug-likeness (QED) is 0.807. The van der Waals surface area contributed by atoms with Crippen LogP contribution in [0.15, 0.2) is 23.0 Å². The molecule has 1 aromatic heterocycles. The highest BCUT2D eigenvalue weighted by Gasteiger charge is 2.11. The molecule has 0 amide bonds. The fourth-order valence-corrected chi connectivity index (χ4v) is 1.51. The summed E-state index contributed by atoms with van der Waals surface area (Å²) in [7, 11) is 0. The Bertz CT molecular complexity index is 543. The Labute approximate surface area is 109 Å². The minimum absolute atomic E-state index is 0.122. The first kappa shape index (κ1) is 13.1. The fourth-order valence-electron chi connectivity index (χ4n) is 1.51. The Kier molecular flexibility index (Phi) is 3.84. The van der Waals surface area contributed by atoms with E-state index in [0.717, 1.165) is 0 Å². The number of nitrogens with two attached hydrogens (primary N) is 1. The summed E-state index contributed by atoms with van der Waals surface area (Å²) < 4.78 is 23.6. The number of halogens is 1. The van der Waals surface area contributed by atoms with Crippen molar-refractivity contribution in [2.45, 2.75) is 26.5 Å². The van der Waals surface area contributed by atoms with Crippen molar-refractivity contribution in [1.82, 2.24) is 10.1 Å². The minimum atomic E-state index is -0.490. The number of nitrogen functional groups attached to an aromatic ring is 1. The normalized spacial score (nSPS) is 10.7. The molecule has 0 aliphatic carbocycles. The van der Waals surface area contributed by atoms with Gasteiger partial charge in [0, 0.05) is 12.1 Å². The Hall–Kier alpha value is -2.31. The van der Waals surface area contributed by atoms with Crippen LogP contribution in [0.5, 0.6) is 5.75 Å². The predicted octanol–water partition coefficient (Wildman–Crippen LogP) is 2.19. The molecule has 2 rings (SSSR count). The molecule has 0 radical (unpaired) electrons. The zero-order chi connectivity index (χ0) is 13.8. The van der Waals surface area contributed by atoms with Gasteiger partial charge in [-0.1, -0.05) is 5.16 Å². The topological polar surface area (TPSA) is 86.2 Å². The molecule has 0 fully saturated rings. The lowest BCUT2D eigenvalue weighted by Gasteiger charge is -2.14. The lowest BCUT2D eigenvalue weighted by molar-refractivity contribution is 0.231. The van der Waals surface area contributed by atoms with E-state index >= 15 is 0 Å². The molecular weight excluding hydrogens is 251 g/mol. The number of anilines is 2. The van der Waals surface area contributed by atoms with Crippen LogP contribution < -0.4 is 15.8 Å². The van der Waals surface area contributed by atoms with E-state index in [0.29, 0.717) is 18.1 Å². The molecule has 3 N–H and O–H groups in total. The van der Waals surface area contributed by atoms with Crippen LogP contribution in [0.4, 0.5) is 15.8 Å². The van der Waals surface area contributed by atoms with Crippen LogP contribution in [0.25, 0.3) is 0 Å². The van der Waals surface area contributed by atoms with Gasteiger partial charge in [-0.15, -0.1) is 0 Å². The standard InChI is InChI=1S/C12H15FN4O2/c1-7(2)19-11-4-10(9(14)3-8(11)13)15-5-12-16-6-18-17-12/h3-4,6-7,15H,5,14H2,1-2H3. The van der Waals surface area contributed by atoms with Crippen molar-refractivity contribution in [3.8, 4) is 5.75 Å². The van der Waals surface area contributed by atoms with Crippen LogP contribution in [0.2, 0.25) is 0 Å². The number of ether oxygens (including phenoxy) is 1. The summed E-state index contributed by atoms with van der Waals surface area (Å²) in [5, 5.41) is 6.65. The first-order valence-corrected chi connectivity index (χ1v) is 5.81. The molecule has 0 aliphatic rings. The highest BCUT2D eigenvalue weighted by atomic mass is 19.1. The summed E-state index contributed by atoms with van der Waals surface area (Å²) in [4.78, 5) is 3.86. The number of rotatable bonds is 5. The smallest absolute Gasteiger partial charge is 0.213 e. The average molecular weight is 266 g/mol. The van der Waals surface area contributed by atoms with E-state index < -0.39 is 5.82 Å². The Morgan fingerprint density at radius 2 is 2.26 bits per heavy atom. The van der Waals surface area contributed by atoms with E-state index in [4.69, 9.17) is 10.5 Å². The molecule has 6 nitrogen and oxygen atoms in total. The van der Waals surface area contributed by atoms with Crippen LogP contribution in [0.3, 0.4) is 0 Å². The molecule has 0 saturated carbocycles. The molecule has 0 unspecified atom stereocenters. The maximum Gasteiger partial charge on any atom is 0.213 e. The molecule has 0 saturated heterocycles. The van der Waals surface area contributed by atoms with Gasteiger partial charge in [-0.3, -0.25) is 0 Å². The first-order valence-electron chi connectivity index (χ1n) is 5.81. The van der Waals surface area contributed by atoms with E-state index in [1.165, 1.54) is 18.5 Å². The van der Waals surface area contributed by atoms with E-state index in [1.54, 1.807) is 0 Å². The van der Waals surface area contributed by atoms with Crippen LogP contribution in [0.1, 0.15) is 19.7 Å². The predicted molar refractivity (Wildman–Crippen MR) is 68.2 cm³/mol. The van der Waals surface area contributed by atoms with Gasteiger partial charge in [0.2, 0.25) is 6.39 Å². The van der Waals surface area contributed by atoms with Gasteiger partial charge in [0.15, 0.2) is 17.4 Å². The third-order valence-electron chi connectivity index (χ3n) is 2.31. The molecular formula is C12H15FN4O2. The van der Waals surface area contributed by atoms with E-state index in [9.17, 15) is 4.39 Å². The van der Waals surface area contributed by atoms with Gasteiger partial charge in [-0.05, 0) is 13.8 Å². The van der Waals surface area contributed by atoms with Crippen LogP contribution in [0, 0.1) is 5.82 Å². The summed E-state index contributed by atoms with van der Waals surface area (Å²) in [6.07, 6.45) is 1.11. The summed E-state index contributed by atoms with van der Waals surface area (Å²) >= 11 is 0. The number of benzene rings is 1. The molecule has 7 heteroatoms. The van der Waals surface area contributed by atoms with E-state index in [2.05, 4.69) is 20.0 Å². The summed E-state index contributed by atoms with van der Waals surface area (Å²) in [6, 6.07) is 2.74. The van der Waals surface area contributed by atoms with Crippen molar-refractivity contribution in [1.29, 1.82) is 0 Å². The molecule has 0 aliphatic heterocycles. The van der Waals surface area contributed by atoms with Crippen LogP contribution in [-0.4, -0.2) is 16.2 Å². The number of nitrogens with one attached hydrogen (secondary N) is 1. The lowest BCUT2D eigenvalue weighted by Crippen LogP contribution is -2.09. The van der Waals surface area contributed by atoms with Crippen molar-refractivity contribution in [3.63, 3.8) is 0 Å². The second-order valence-electron chi connectivity index (χ2n) is 4.24. The Balaban J connectivity index is 2.15. The maximum absolute atomic E-state index is 13.6. The lowest BCUT2D eigenvalue weighted by atomic mass is 10.2. The van der Waals surface area contributed by atoms with Gasteiger partial charge in [-0.25, -0.2) is 4.39 Å². The largest absolute Gasteiger partial charge is 0.488 e. The summed E-state index contributed by atoms with van der Waals surface area (Å²) in [6.45, 7) is 3.97. The van der Waals surface area contributed by atoms with E-state index in [1.807, 2.05) is 13.8 Å². The second kappa shape index (κ2) is 5.55. The number of hydrogen-bond donors (Lipinski definition) is 2. The Morgan fingerprint density at radius 1 is 1.47 bits per heavy atom. The van der Waals surface area contributed by atoms with Crippen molar-refractivity contribution in [2.24, 2.45) is 0 Å². The van der Waals surface area contributed by atoms with E-state index in [-0.39, 0.29) is 17.5 Å². The summed E-state index contributed by atoms with van der Waals surface area (Å²) in [5.74, 6) is 0.145. The van der Waals surface area contributed by atoms with Gasteiger partial charge in [0.05, 0.1) is 24.0 Å². The molecule has 0 bridgehead atoms. The molecule has 1 aromatic carbocycles. The van der Waals surface area contributed by atoms with Crippen LogP contribution >= 0.6 is 0 Å². The highest BCUT2D eigenvalue weighted by Crippen LogP contribution is 2.29. The maximum atomic E-state index is 13.6. The molecule has 1 heterocycles. The van der Waals surface area contributed by atoms with Gasteiger partial charge >= 0.3 is 0 Å². The number of aromatic nitrogens is 2. The van der Waals surface area contributed by atoms with Crippen molar-refractivity contribution in [3.05, 3.63) is 30.2 Å². The fraction of sp³-hybridized carbons (Fsp3) is 0.333. The monoisotopic (exact) mass is 266 g/mol. The number of hydrogen-bond acceptors (Lipinski definition) is 6. The zero-order valence-corrected chi connectivity index (χ0v) is 10.7. The SMILES string of the molecule is CC(C)Oc1cc(NCc2ncon2)c(N)cc1F. The molecule has 0 spiro atoms. The van der Waals surface area contributed by atoms with Crippen LogP contribution in [-0.2, 0) is 6.54 Å². The average Bonchev–Trinajstić information content (AvgIpc) is 2.83. The highest BCUT2D eigenvalue weighted by molar-refractivity contribution is 5.68. The van der Waals surface area contributed by atoms with Gasteiger partial charge in [0.1, 0.15) is 0 Å². The van der Waals surface area contributed by atoms with Gasteiger partial charge < -0.3 is 20.3 Å². The second-order valence-corrected chi connectivity index (χ2v) is 4.24. The van der Waals surface area contributed by atoms with Crippen molar-refractivity contribution >= 4 is 11.4 Å². The Morgan fingerprint density at radius 3 is 2.89 bits per heavy atom. The molecule has 19 heavy (non-hydrogen) atoms. The molecule has 2 aromatic rings. The zero-order valence-electron chi connectivity index (χ0n) is 10.7. The minimum Gasteiger partial charge on any atom is -0.488 e. The molecule has 0 atom stereocenters. The third kappa shape index (κ3) is 3.34. The first-order chi connectivity index (χ1) is 9.06. The summed E-state index contributed by atoms with van der Waals surface area (Å²) in [5.41, 5.74) is 6.58. The van der Waals surface area contributed by atoms with Crippen molar-refractivity contribution < 1.29 is 13.7 Å². The number of nitrogens with zero attached hydrogens (tertiary/aromatic N) is 2. The van der Waals surface area contributed by atoms with Gasteiger partial charge in [-0.2, -0.15) is 4.98 Å².